The van der Waals surface area contributed by atoms with Crippen molar-refractivity contribution >= 4 is 5.78 Å². The van der Waals surface area contributed by atoms with Crippen molar-refractivity contribution in [1.29, 1.82) is 5.26 Å². The monoisotopic (exact) mass is 247 g/mol. The molecule has 0 aliphatic carbocycles. The maximum Gasteiger partial charge on any atom is 0.150 e. The van der Waals surface area contributed by atoms with Crippen LogP contribution in [-0.4, -0.2) is 15.6 Å². The molecule has 0 amide bonds. The molecule has 0 bridgehead atoms. The molecule has 4 nitrogen and oxygen atoms in total. The van der Waals surface area contributed by atoms with Crippen LogP contribution in [0, 0.1) is 16.7 Å². The first kappa shape index (κ1) is 14.4. The van der Waals surface area contributed by atoms with Gasteiger partial charge in [-0.25, -0.2) is 0 Å². The molecule has 4 heteroatoms. The highest BCUT2D eigenvalue weighted by Crippen LogP contribution is 2.23. The minimum atomic E-state index is -0.965. The molecule has 98 valence electrons. The van der Waals surface area contributed by atoms with E-state index in [1.807, 2.05) is 16.9 Å². The number of carbonyl (C=O) groups is 1. The zero-order chi connectivity index (χ0) is 13.8. The van der Waals surface area contributed by atoms with E-state index in [1.54, 1.807) is 6.92 Å². The first-order valence-corrected chi connectivity index (χ1v) is 6.43. The largest absolute Gasteiger partial charge is 0.298 e. The lowest BCUT2D eigenvalue weighted by Gasteiger charge is -2.16. The van der Waals surface area contributed by atoms with Crippen molar-refractivity contribution in [2.24, 2.45) is 5.41 Å². The van der Waals surface area contributed by atoms with Crippen molar-refractivity contribution in [1.82, 2.24) is 9.78 Å². The summed E-state index contributed by atoms with van der Waals surface area (Å²) in [6, 6.07) is 4.39. The molecule has 1 unspecified atom stereocenters. The van der Waals surface area contributed by atoms with Gasteiger partial charge in [0.05, 0.1) is 17.8 Å². The molecule has 1 heterocycles. The minimum absolute atomic E-state index is 0.109. The van der Waals surface area contributed by atoms with Crippen LogP contribution in [0.1, 0.15) is 52.3 Å². The van der Waals surface area contributed by atoms with Crippen molar-refractivity contribution < 1.29 is 4.79 Å². The number of nitriles is 1. The van der Waals surface area contributed by atoms with Crippen LogP contribution in [0.5, 0.6) is 0 Å². The first-order valence-electron chi connectivity index (χ1n) is 6.43. The van der Waals surface area contributed by atoms with Gasteiger partial charge in [-0.15, -0.1) is 0 Å². The van der Waals surface area contributed by atoms with Crippen LogP contribution in [0.25, 0.3) is 0 Å². The molecule has 0 N–H and O–H groups in total. The van der Waals surface area contributed by atoms with Crippen LogP contribution < -0.4 is 0 Å². The van der Waals surface area contributed by atoms with E-state index in [9.17, 15) is 4.79 Å². The third kappa shape index (κ3) is 2.98. The molecule has 0 saturated carbocycles. The second-order valence-corrected chi connectivity index (χ2v) is 4.93. The molecular formula is C14H21N3O. The van der Waals surface area contributed by atoms with Crippen LogP contribution in [0.15, 0.2) is 12.3 Å². The lowest BCUT2D eigenvalue weighted by atomic mass is 9.83. The SMILES string of the molecule is CCC(CC)n1ccc(CC(C)(C#N)C(C)=O)n1. The van der Waals surface area contributed by atoms with Crippen LogP contribution in [-0.2, 0) is 11.2 Å². The van der Waals surface area contributed by atoms with Gasteiger partial charge in [-0.2, -0.15) is 10.4 Å². The molecule has 0 radical (unpaired) electrons. The summed E-state index contributed by atoms with van der Waals surface area (Å²) in [6.45, 7) is 7.39. The van der Waals surface area contributed by atoms with E-state index in [-0.39, 0.29) is 5.78 Å². The summed E-state index contributed by atoms with van der Waals surface area (Å²) in [5, 5.41) is 13.6. The quantitative estimate of drug-likeness (QED) is 0.776. The maximum atomic E-state index is 11.5. The van der Waals surface area contributed by atoms with E-state index < -0.39 is 5.41 Å². The second kappa shape index (κ2) is 5.81. The summed E-state index contributed by atoms with van der Waals surface area (Å²) in [4.78, 5) is 11.5. The Morgan fingerprint density at radius 3 is 2.61 bits per heavy atom. The Kier molecular flexibility index (Phi) is 4.66. The van der Waals surface area contributed by atoms with E-state index in [4.69, 9.17) is 5.26 Å². The third-order valence-electron chi connectivity index (χ3n) is 3.54. The smallest absolute Gasteiger partial charge is 0.150 e. The number of hydrogen-bond donors (Lipinski definition) is 0. The molecule has 0 aromatic carbocycles. The highest BCUT2D eigenvalue weighted by atomic mass is 16.1. The standard InChI is InChI=1S/C14H21N3O/c1-5-13(6-2)17-8-7-12(16-17)9-14(4,10-15)11(3)18/h7-8,13H,5-6,9H2,1-4H3. The number of rotatable bonds is 6. The molecule has 0 spiro atoms. The Hall–Kier alpha value is -1.63. The van der Waals surface area contributed by atoms with Gasteiger partial charge in [0, 0.05) is 12.6 Å². The molecule has 1 rings (SSSR count). The van der Waals surface area contributed by atoms with Gasteiger partial charge in [0.2, 0.25) is 0 Å². The molecule has 0 saturated heterocycles. The van der Waals surface area contributed by atoms with Crippen molar-refractivity contribution in [2.75, 3.05) is 0 Å². The number of Topliss-reactive ketones (excluding diaryl/α,β-unsaturated/α-hetero) is 1. The average Bonchev–Trinajstić information content (AvgIpc) is 2.78. The maximum absolute atomic E-state index is 11.5. The molecule has 0 aliphatic rings. The fourth-order valence-corrected chi connectivity index (χ4v) is 1.94. The van der Waals surface area contributed by atoms with Gasteiger partial charge in [0.25, 0.3) is 0 Å². The fraction of sp³-hybridized carbons (Fsp3) is 0.643. The Morgan fingerprint density at radius 2 is 2.17 bits per heavy atom. The van der Waals surface area contributed by atoms with Crippen LogP contribution in [0.4, 0.5) is 0 Å². The summed E-state index contributed by atoms with van der Waals surface area (Å²) in [5.41, 5.74) is -0.159. The first-order chi connectivity index (χ1) is 8.46. The summed E-state index contributed by atoms with van der Waals surface area (Å²) in [7, 11) is 0. The zero-order valence-electron chi connectivity index (χ0n) is 11.6. The molecule has 0 fully saturated rings. The predicted molar refractivity (Wildman–Crippen MR) is 70.0 cm³/mol. The number of ketones is 1. The van der Waals surface area contributed by atoms with Crippen molar-refractivity contribution in [3.05, 3.63) is 18.0 Å². The van der Waals surface area contributed by atoms with Gasteiger partial charge in [0.15, 0.2) is 0 Å². The summed E-state index contributed by atoms with van der Waals surface area (Å²) >= 11 is 0. The van der Waals surface area contributed by atoms with Gasteiger partial charge in [-0.1, -0.05) is 13.8 Å². The van der Waals surface area contributed by atoms with Crippen molar-refractivity contribution in [3.63, 3.8) is 0 Å². The van der Waals surface area contributed by atoms with Gasteiger partial charge in [0.1, 0.15) is 11.2 Å². The highest BCUT2D eigenvalue weighted by Gasteiger charge is 2.31. The number of hydrogen-bond acceptors (Lipinski definition) is 3. The Labute approximate surface area is 109 Å². The van der Waals surface area contributed by atoms with Crippen LogP contribution in [0.3, 0.4) is 0 Å². The van der Waals surface area contributed by atoms with E-state index >= 15 is 0 Å². The van der Waals surface area contributed by atoms with E-state index in [0.717, 1.165) is 18.5 Å². The lowest BCUT2D eigenvalue weighted by Crippen LogP contribution is -2.26. The number of aromatic nitrogens is 2. The Morgan fingerprint density at radius 1 is 1.56 bits per heavy atom. The van der Waals surface area contributed by atoms with Crippen LogP contribution >= 0.6 is 0 Å². The summed E-state index contributed by atoms with van der Waals surface area (Å²) in [5.74, 6) is -0.109. The lowest BCUT2D eigenvalue weighted by molar-refractivity contribution is -0.123. The van der Waals surface area contributed by atoms with Gasteiger partial charge in [-0.3, -0.25) is 9.48 Å². The van der Waals surface area contributed by atoms with Crippen LogP contribution in [0.2, 0.25) is 0 Å². The highest BCUT2D eigenvalue weighted by molar-refractivity contribution is 5.84. The Bertz CT molecular complexity index is 454. The van der Waals surface area contributed by atoms with E-state index in [1.165, 1.54) is 6.92 Å². The summed E-state index contributed by atoms with van der Waals surface area (Å²) < 4.78 is 1.94. The molecule has 1 aromatic heterocycles. The topological polar surface area (TPSA) is 58.7 Å². The van der Waals surface area contributed by atoms with E-state index in [0.29, 0.717) is 12.5 Å². The van der Waals surface area contributed by atoms with E-state index in [2.05, 4.69) is 25.0 Å². The van der Waals surface area contributed by atoms with Gasteiger partial charge < -0.3 is 0 Å². The van der Waals surface area contributed by atoms with Crippen molar-refractivity contribution in [3.8, 4) is 6.07 Å². The molecule has 1 aromatic rings. The fourth-order valence-electron chi connectivity index (χ4n) is 1.94. The van der Waals surface area contributed by atoms with Crippen molar-refractivity contribution in [2.45, 2.75) is 53.0 Å². The molecule has 0 aliphatic heterocycles. The molecular weight excluding hydrogens is 226 g/mol. The average molecular weight is 247 g/mol. The Balaban J connectivity index is 2.88. The minimum Gasteiger partial charge on any atom is -0.298 e. The number of nitrogens with zero attached hydrogens (tertiary/aromatic N) is 3. The van der Waals surface area contributed by atoms with Gasteiger partial charge >= 0.3 is 0 Å². The number of carbonyl (C=O) groups excluding carboxylic acids is 1. The second-order valence-electron chi connectivity index (χ2n) is 4.93. The normalized spacial score (nSPS) is 14.2. The zero-order valence-corrected chi connectivity index (χ0v) is 11.6. The third-order valence-corrected chi connectivity index (χ3v) is 3.54. The molecule has 18 heavy (non-hydrogen) atoms. The summed E-state index contributed by atoms with van der Waals surface area (Å²) in [6.07, 6.45) is 4.37. The predicted octanol–water partition coefficient (Wildman–Crippen LogP) is 2.91. The van der Waals surface area contributed by atoms with Gasteiger partial charge in [-0.05, 0) is 32.8 Å². The molecule has 1 atom stereocenters.